The lowest BCUT2D eigenvalue weighted by Gasteiger charge is -2.21. The zero-order chi connectivity index (χ0) is 11.6. The molecular formula is C13H24N2S. The summed E-state index contributed by atoms with van der Waals surface area (Å²) in [7, 11) is 0. The second kappa shape index (κ2) is 4.59. The summed E-state index contributed by atoms with van der Waals surface area (Å²) in [6.45, 7) is 7.87. The van der Waals surface area contributed by atoms with Crippen molar-refractivity contribution >= 4 is 16.9 Å². The van der Waals surface area contributed by atoms with E-state index in [1.807, 2.05) is 11.8 Å². The van der Waals surface area contributed by atoms with E-state index in [1.165, 1.54) is 43.0 Å². The molecule has 2 nitrogen and oxygen atoms in total. The lowest BCUT2D eigenvalue weighted by molar-refractivity contribution is 0.457. The van der Waals surface area contributed by atoms with Gasteiger partial charge in [0.15, 0.2) is 5.17 Å². The number of hydrogen-bond donors (Lipinski definition) is 1. The highest BCUT2D eigenvalue weighted by Crippen LogP contribution is 2.50. The Morgan fingerprint density at radius 3 is 2.62 bits per heavy atom. The van der Waals surface area contributed by atoms with Gasteiger partial charge in [0.05, 0.1) is 0 Å². The summed E-state index contributed by atoms with van der Waals surface area (Å²) in [6, 6.07) is 0. The summed E-state index contributed by atoms with van der Waals surface area (Å²) in [6.07, 6.45) is 6.64. The van der Waals surface area contributed by atoms with Crippen LogP contribution in [0.5, 0.6) is 0 Å². The Balaban J connectivity index is 1.85. The Bertz CT molecular complexity index is 284. The summed E-state index contributed by atoms with van der Waals surface area (Å²) in [5, 5.41) is 4.76. The molecular weight excluding hydrogens is 216 g/mol. The molecule has 1 atom stereocenters. The first-order valence-electron chi connectivity index (χ1n) is 6.57. The minimum absolute atomic E-state index is 0.283. The Morgan fingerprint density at radius 1 is 1.38 bits per heavy atom. The van der Waals surface area contributed by atoms with E-state index in [2.05, 4.69) is 26.1 Å². The highest BCUT2D eigenvalue weighted by atomic mass is 32.2. The van der Waals surface area contributed by atoms with Crippen LogP contribution in [0, 0.1) is 5.41 Å². The van der Waals surface area contributed by atoms with E-state index < -0.39 is 0 Å². The fourth-order valence-electron chi connectivity index (χ4n) is 2.27. The molecule has 2 fully saturated rings. The summed E-state index contributed by atoms with van der Waals surface area (Å²) in [4.78, 5) is 4.79. The van der Waals surface area contributed by atoms with Gasteiger partial charge in [0, 0.05) is 17.8 Å². The Hall–Kier alpha value is -0.180. The molecule has 0 aromatic rings. The summed E-state index contributed by atoms with van der Waals surface area (Å²) >= 11 is 1.90. The van der Waals surface area contributed by atoms with Crippen molar-refractivity contribution in [3.63, 3.8) is 0 Å². The van der Waals surface area contributed by atoms with E-state index in [4.69, 9.17) is 4.99 Å². The third-order valence-corrected chi connectivity index (χ3v) is 5.30. The van der Waals surface area contributed by atoms with Crippen LogP contribution in [0.4, 0.5) is 0 Å². The van der Waals surface area contributed by atoms with Crippen molar-refractivity contribution in [1.82, 2.24) is 5.32 Å². The topological polar surface area (TPSA) is 24.4 Å². The fourth-order valence-corrected chi connectivity index (χ4v) is 3.47. The molecule has 1 unspecified atom stereocenters. The summed E-state index contributed by atoms with van der Waals surface area (Å²) in [5.74, 6) is 1.17. The third-order valence-electron chi connectivity index (χ3n) is 4.01. The molecule has 92 valence electrons. The first-order valence-corrected chi connectivity index (χ1v) is 7.55. The van der Waals surface area contributed by atoms with Gasteiger partial charge in [0.2, 0.25) is 0 Å². The molecule has 2 rings (SSSR count). The van der Waals surface area contributed by atoms with Gasteiger partial charge in [-0.3, -0.25) is 4.99 Å². The zero-order valence-corrected chi connectivity index (χ0v) is 11.6. The lowest BCUT2D eigenvalue weighted by atomic mass is 10.0. The minimum atomic E-state index is 0.283. The second-order valence-corrected chi connectivity index (χ2v) is 6.66. The number of rotatable bonds is 5. The monoisotopic (exact) mass is 240 g/mol. The highest BCUT2D eigenvalue weighted by molar-refractivity contribution is 8.14. The van der Waals surface area contributed by atoms with Crippen molar-refractivity contribution < 1.29 is 0 Å². The van der Waals surface area contributed by atoms with Gasteiger partial charge in [0.1, 0.15) is 0 Å². The normalized spacial score (nSPS) is 34.1. The molecule has 2 aliphatic rings. The predicted molar refractivity (Wildman–Crippen MR) is 73.2 cm³/mol. The lowest BCUT2D eigenvalue weighted by Crippen LogP contribution is -2.39. The van der Waals surface area contributed by atoms with Crippen LogP contribution in [0.2, 0.25) is 0 Å². The maximum absolute atomic E-state index is 4.79. The van der Waals surface area contributed by atoms with E-state index in [1.54, 1.807) is 0 Å². The van der Waals surface area contributed by atoms with Crippen LogP contribution >= 0.6 is 11.8 Å². The number of nitrogens with one attached hydrogen (secondary N) is 1. The molecule has 0 bridgehead atoms. The molecule has 0 spiro atoms. The molecule has 16 heavy (non-hydrogen) atoms. The predicted octanol–water partition coefficient (Wildman–Crippen LogP) is 3.43. The number of thioether (sulfide) groups is 1. The first-order chi connectivity index (χ1) is 7.61. The van der Waals surface area contributed by atoms with Gasteiger partial charge in [0.25, 0.3) is 0 Å². The molecule has 1 N–H and O–H groups in total. The summed E-state index contributed by atoms with van der Waals surface area (Å²) in [5.41, 5.74) is 0.875. The Morgan fingerprint density at radius 2 is 2.12 bits per heavy atom. The summed E-state index contributed by atoms with van der Waals surface area (Å²) < 4.78 is 0. The SMILES string of the molecule is CCCC1(CN=C2NC(C)(CC)CS2)CC1. The molecule has 1 heterocycles. The number of amidine groups is 1. The largest absolute Gasteiger partial charge is 0.359 e. The van der Waals surface area contributed by atoms with Crippen LogP contribution < -0.4 is 5.32 Å². The van der Waals surface area contributed by atoms with Crippen molar-refractivity contribution in [2.24, 2.45) is 10.4 Å². The van der Waals surface area contributed by atoms with Gasteiger partial charge < -0.3 is 5.32 Å². The smallest absolute Gasteiger partial charge is 0.157 e. The van der Waals surface area contributed by atoms with E-state index >= 15 is 0 Å². The highest BCUT2D eigenvalue weighted by Gasteiger charge is 2.41. The third kappa shape index (κ3) is 2.73. The standard InChI is InChI=1S/C13H24N2S/c1-4-6-13(7-8-13)9-14-11-15-12(3,5-2)10-16-11/h4-10H2,1-3H3,(H,14,15). The van der Waals surface area contributed by atoms with Crippen molar-refractivity contribution in [1.29, 1.82) is 0 Å². The van der Waals surface area contributed by atoms with E-state index in [9.17, 15) is 0 Å². The number of hydrogen-bond acceptors (Lipinski definition) is 2. The first kappa shape index (κ1) is 12.3. The zero-order valence-electron chi connectivity index (χ0n) is 10.8. The Labute approximate surface area is 104 Å². The van der Waals surface area contributed by atoms with Gasteiger partial charge in [-0.15, -0.1) is 0 Å². The van der Waals surface area contributed by atoms with Crippen LogP contribution in [-0.4, -0.2) is 23.0 Å². The second-order valence-electron chi connectivity index (χ2n) is 5.70. The van der Waals surface area contributed by atoms with Crippen LogP contribution in [0.3, 0.4) is 0 Å². The average molecular weight is 240 g/mol. The number of nitrogens with zero attached hydrogens (tertiary/aromatic N) is 1. The van der Waals surface area contributed by atoms with Crippen LogP contribution in [0.1, 0.15) is 52.9 Å². The van der Waals surface area contributed by atoms with Gasteiger partial charge in [-0.2, -0.15) is 0 Å². The van der Waals surface area contributed by atoms with Crippen molar-refractivity contribution in [2.45, 2.75) is 58.4 Å². The number of aliphatic imine (C=N–C) groups is 1. The van der Waals surface area contributed by atoms with E-state index in [0.717, 1.165) is 6.54 Å². The maximum atomic E-state index is 4.79. The molecule has 0 aromatic heterocycles. The Kier molecular flexibility index (Phi) is 3.53. The molecule has 1 saturated carbocycles. The minimum Gasteiger partial charge on any atom is -0.359 e. The van der Waals surface area contributed by atoms with Crippen LogP contribution in [0.15, 0.2) is 4.99 Å². The van der Waals surface area contributed by atoms with Gasteiger partial charge in [-0.05, 0) is 38.0 Å². The molecule has 0 amide bonds. The van der Waals surface area contributed by atoms with Gasteiger partial charge >= 0.3 is 0 Å². The van der Waals surface area contributed by atoms with Gasteiger partial charge in [-0.25, -0.2) is 0 Å². The van der Waals surface area contributed by atoms with Gasteiger partial charge in [-0.1, -0.05) is 32.0 Å². The van der Waals surface area contributed by atoms with E-state index in [-0.39, 0.29) is 5.54 Å². The maximum Gasteiger partial charge on any atom is 0.157 e. The molecule has 1 aliphatic heterocycles. The molecule has 0 aromatic carbocycles. The van der Waals surface area contributed by atoms with Crippen LogP contribution in [-0.2, 0) is 0 Å². The molecule has 3 heteroatoms. The molecule has 1 saturated heterocycles. The quantitative estimate of drug-likeness (QED) is 0.796. The molecule has 1 aliphatic carbocycles. The average Bonchev–Trinajstić information content (AvgIpc) is 2.93. The van der Waals surface area contributed by atoms with Crippen molar-refractivity contribution in [2.75, 3.05) is 12.3 Å². The molecule has 0 radical (unpaired) electrons. The van der Waals surface area contributed by atoms with E-state index in [0.29, 0.717) is 5.41 Å². The van der Waals surface area contributed by atoms with Crippen molar-refractivity contribution in [3.8, 4) is 0 Å². The van der Waals surface area contributed by atoms with Crippen LogP contribution in [0.25, 0.3) is 0 Å². The fraction of sp³-hybridized carbons (Fsp3) is 0.923. The van der Waals surface area contributed by atoms with Crippen molar-refractivity contribution in [3.05, 3.63) is 0 Å².